The molecular weight excluding hydrogens is 436 g/mol. The molecule has 8 heteroatoms. The van der Waals surface area contributed by atoms with Crippen LogP contribution in [0.4, 0.5) is 0 Å². The number of halogens is 1. The lowest BCUT2D eigenvalue weighted by atomic mass is 9.96. The van der Waals surface area contributed by atoms with E-state index >= 15 is 0 Å². The normalized spacial score (nSPS) is 21.4. The van der Waals surface area contributed by atoms with Gasteiger partial charge in [0.1, 0.15) is 17.1 Å². The quantitative estimate of drug-likeness (QED) is 0.647. The van der Waals surface area contributed by atoms with Gasteiger partial charge in [0.15, 0.2) is 9.84 Å². The Balaban J connectivity index is 1.28. The van der Waals surface area contributed by atoms with Gasteiger partial charge in [-0.3, -0.25) is 0 Å². The first-order valence-corrected chi connectivity index (χ1v) is 12.8. The van der Waals surface area contributed by atoms with Gasteiger partial charge in [-0.05, 0) is 41.8 Å². The lowest BCUT2D eigenvalue weighted by Crippen LogP contribution is -2.53. The highest BCUT2D eigenvalue weighted by atomic mass is 35.5. The summed E-state index contributed by atoms with van der Waals surface area (Å²) in [7, 11) is -3.25. The van der Waals surface area contributed by atoms with E-state index in [-0.39, 0.29) is 19.3 Å². The van der Waals surface area contributed by atoms with E-state index in [1.807, 2.05) is 42.5 Å². The van der Waals surface area contributed by atoms with Crippen molar-refractivity contribution < 1.29 is 17.9 Å². The maximum atomic E-state index is 12.2. The topological polar surface area (TPSA) is 67.9 Å². The first-order valence-electron chi connectivity index (χ1n) is 10.6. The van der Waals surface area contributed by atoms with Crippen LogP contribution in [0, 0.1) is 0 Å². The summed E-state index contributed by atoms with van der Waals surface area (Å²) in [5.74, 6) is 0.741. The minimum absolute atomic E-state index is 0.211. The maximum absolute atomic E-state index is 12.2. The molecule has 1 unspecified atom stereocenters. The van der Waals surface area contributed by atoms with E-state index in [2.05, 4.69) is 16.3 Å². The van der Waals surface area contributed by atoms with Crippen molar-refractivity contribution in [1.29, 1.82) is 0 Å². The van der Waals surface area contributed by atoms with Gasteiger partial charge in [0.05, 0.1) is 19.3 Å². The molecule has 0 radical (unpaired) electrons. The van der Waals surface area contributed by atoms with Gasteiger partial charge in [-0.15, -0.1) is 0 Å². The molecule has 4 rings (SSSR count). The Bertz CT molecular complexity index is 993. The predicted octanol–water partition coefficient (Wildman–Crippen LogP) is 2.51. The highest BCUT2D eigenvalue weighted by Gasteiger charge is 2.49. The molecule has 1 N–H and O–H groups in total. The molecule has 6 nitrogen and oxygen atoms in total. The van der Waals surface area contributed by atoms with Crippen molar-refractivity contribution >= 4 is 21.4 Å². The summed E-state index contributed by atoms with van der Waals surface area (Å²) in [5.41, 5.74) is 2.01. The van der Waals surface area contributed by atoms with Crippen LogP contribution in [0.2, 0.25) is 5.02 Å². The molecule has 0 aromatic heterocycles. The van der Waals surface area contributed by atoms with Crippen molar-refractivity contribution in [2.24, 2.45) is 0 Å². The van der Waals surface area contributed by atoms with Crippen molar-refractivity contribution in [2.45, 2.75) is 17.2 Å². The van der Waals surface area contributed by atoms with Crippen LogP contribution in [0.15, 0.2) is 48.5 Å². The zero-order chi connectivity index (χ0) is 21.9. The molecule has 168 valence electrons. The number of piperazine rings is 1. The third kappa shape index (κ3) is 5.23. The van der Waals surface area contributed by atoms with Gasteiger partial charge < -0.3 is 19.7 Å². The molecule has 2 aromatic rings. The van der Waals surface area contributed by atoms with Gasteiger partial charge in [-0.25, -0.2) is 8.42 Å². The minimum atomic E-state index is -3.25. The van der Waals surface area contributed by atoms with Gasteiger partial charge in [0.25, 0.3) is 0 Å². The number of sulfone groups is 1. The van der Waals surface area contributed by atoms with Gasteiger partial charge in [-0.2, -0.15) is 0 Å². The van der Waals surface area contributed by atoms with E-state index < -0.39 is 14.6 Å². The highest BCUT2D eigenvalue weighted by Crippen LogP contribution is 2.38. The summed E-state index contributed by atoms with van der Waals surface area (Å²) in [6.45, 7) is 4.84. The van der Waals surface area contributed by atoms with Crippen LogP contribution in [0.1, 0.15) is 11.1 Å². The molecular formula is C23H29ClN2O4S. The first kappa shape index (κ1) is 22.6. The van der Waals surface area contributed by atoms with Crippen LogP contribution in [-0.4, -0.2) is 71.6 Å². The standard InChI is InChI=1S/C23H29ClN2O4S/c1-31(27,28)23(16-29-17-23)19-5-7-22(8-6-19)30-15-21-14-26(12-10-25-21)11-9-18-3-2-4-20(24)13-18/h2-8,13,21,25H,9-12,14-17H2,1H3. The summed E-state index contributed by atoms with van der Waals surface area (Å²) in [4.78, 5) is 2.45. The fourth-order valence-corrected chi connectivity index (χ4v) is 5.49. The van der Waals surface area contributed by atoms with Crippen LogP contribution in [0.5, 0.6) is 5.75 Å². The predicted molar refractivity (Wildman–Crippen MR) is 123 cm³/mol. The number of nitrogens with zero attached hydrogens (tertiary/aromatic N) is 1. The Morgan fingerprint density at radius 1 is 1.23 bits per heavy atom. The number of hydrogen-bond donors (Lipinski definition) is 1. The molecule has 0 bridgehead atoms. The number of hydrogen-bond acceptors (Lipinski definition) is 6. The van der Waals surface area contributed by atoms with E-state index in [4.69, 9.17) is 21.1 Å². The van der Waals surface area contributed by atoms with Crippen molar-refractivity contribution in [2.75, 3.05) is 52.3 Å². The number of nitrogens with one attached hydrogen (secondary N) is 1. The second-order valence-electron chi connectivity index (χ2n) is 8.43. The van der Waals surface area contributed by atoms with E-state index in [1.54, 1.807) is 0 Å². The third-order valence-electron chi connectivity index (χ3n) is 6.16. The molecule has 2 aliphatic rings. The summed E-state index contributed by atoms with van der Waals surface area (Å²) in [6.07, 6.45) is 2.24. The van der Waals surface area contributed by atoms with Crippen molar-refractivity contribution in [3.63, 3.8) is 0 Å². The maximum Gasteiger partial charge on any atom is 0.161 e. The van der Waals surface area contributed by atoms with Crippen molar-refractivity contribution in [1.82, 2.24) is 10.2 Å². The van der Waals surface area contributed by atoms with Gasteiger partial charge >= 0.3 is 0 Å². The summed E-state index contributed by atoms with van der Waals surface area (Å²) >= 11 is 6.08. The first-order chi connectivity index (χ1) is 14.9. The molecule has 1 atom stereocenters. The molecule has 0 aliphatic carbocycles. The van der Waals surface area contributed by atoms with Crippen LogP contribution < -0.4 is 10.1 Å². The summed E-state index contributed by atoms with van der Waals surface area (Å²) in [5, 5.41) is 4.30. The average Bonchev–Trinajstić information content (AvgIpc) is 2.70. The van der Waals surface area contributed by atoms with Crippen LogP contribution in [-0.2, 0) is 25.7 Å². The van der Waals surface area contributed by atoms with E-state index in [9.17, 15) is 8.42 Å². The van der Waals surface area contributed by atoms with Crippen LogP contribution in [0.3, 0.4) is 0 Å². The third-order valence-corrected chi connectivity index (χ3v) is 8.28. The molecule has 2 aliphatic heterocycles. The van der Waals surface area contributed by atoms with Gasteiger partial charge in [0, 0.05) is 37.5 Å². The Morgan fingerprint density at radius 2 is 2.00 bits per heavy atom. The Labute approximate surface area is 189 Å². The fraction of sp³-hybridized carbons (Fsp3) is 0.478. The zero-order valence-corrected chi connectivity index (χ0v) is 19.3. The lowest BCUT2D eigenvalue weighted by molar-refractivity contribution is -0.0156. The smallest absolute Gasteiger partial charge is 0.161 e. The summed E-state index contributed by atoms with van der Waals surface area (Å²) < 4.78 is 34.7. The SMILES string of the molecule is CS(=O)(=O)C1(c2ccc(OCC3CN(CCc4cccc(Cl)c4)CCN3)cc2)COC1. The molecule has 31 heavy (non-hydrogen) atoms. The second kappa shape index (κ2) is 9.46. The van der Waals surface area contributed by atoms with Crippen LogP contribution in [0.25, 0.3) is 0 Å². The monoisotopic (exact) mass is 464 g/mol. The van der Waals surface area contributed by atoms with Gasteiger partial charge in [0.2, 0.25) is 0 Å². The number of ether oxygens (including phenoxy) is 2. The van der Waals surface area contributed by atoms with Crippen LogP contribution >= 0.6 is 11.6 Å². The van der Waals surface area contributed by atoms with E-state index in [0.717, 1.165) is 48.9 Å². The van der Waals surface area contributed by atoms with Crippen molar-refractivity contribution in [3.8, 4) is 5.75 Å². The molecule has 0 amide bonds. The zero-order valence-electron chi connectivity index (χ0n) is 17.7. The van der Waals surface area contributed by atoms with Crippen molar-refractivity contribution in [3.05, 3.63) is 64.7 Å². The minimum Gasteiger partial charge on any atom is -0.492 e. The lowest BCUT2D eigenvalue weighted by Gasteiger charge is -2.40. The number of rotatable bonds is 8. The number of benzene rings is 2. The largest absolute Gasteiger partial charge is 0.492 e. The molecule has 0 spiro atoms. The fourth-order valence-electron chi connectivity index (χ4n) is 4.12. The molecule has 2 saturated heterocycles. The molecule has 2 aromatic carbocycles. The second-order valence-corrected chi connectivity index (χ2v) is 11.2. The van der Waals surface area contributed by atoms with Gasteiger partial charge in [-0.1, -0.05) is 35.9 Å². The van der Waals surface area contributed by atoms with E-state index in [1.165, 1.54) is 11.8 Å². The Morgan fingerprint density at radius 3 is 2.65 bits per heavy atom. The van der Waals surface area contributed by atoms with E-state index in [0.29, 0.717) is 6.61 Å². The molecule has 0 saturated carbocycles. The Hall–Kier alpha value is -1.64. The molecule has 2 fully saturated rings. The Kier molecular flexibility index (Phi) is 6.89. The highest BCUT2D eigenvalue weighted by molar-refractivity contribution is 7.91. The molecule has 2 heterocycles. The summed E-state index contributed by atoms with van der Waals surface area (Å²) in [6, 6.07) is 15.6. The average molecular weight is 465 g/mol.